The summed E-state index contributed by atoms with van der Waals surface area (Å²) in [5.41, 5.74) is 1.27. The fourth-order valence-corrected chi connectivity index (χ4v) is 7.03. The first-order valence-electron chi connectivity index (χ1n) is 17.5. The molecule has 0 atom stereocenters. The number of hydrogen-bond acceptors (Lipinski definition) is 6. The summed E-state index contributed by atoms with van der Waals surface area (Å²) in [4.78, 5) is 39.1. The summed E-state index contributed by atoms with van der Waals surface area (Å²) in [6, 6.07) is 30.7. The van der Waals surface area contributed by atoms with Crippen molar-refractivity contribution in [3.63, 3.8) is 0 Å². The number of thioether (sulfide) groups is 1. The first-order chi connectivity index (χ1) is 27.6. The van der Waals surface area contributed by atoms with Gasteiger partial charge in [0.1, 0.15) is 24.7 Å². The minimum absolute atomic E-state index is 0.0366. The number of alkyl halides is 6. The Bertz CT molecular complexity index is 2500. The van der Waals surface area contributed by atoms with Gasteiger partial charge in [-0.15, -0.1) is 0 Å². The highest BCUT2D eigenvalue weighted by atomic mass is 32.2. The average Bonchev–Trinajstić information content (AvgIpc) is 3.66. The monoisotopic (exact) mass is 816 g/mol. The molecule has 1 N–H and O–H groups in total. The van der Waals surface area contributed by atoms with E-state index in [-0.39, 0.29) is 36.2 Å². The van der Waals surface area contributed by atoms with Crippen molar-refractivity contribution in [1.82, 2.24) is 9.47 Å². The second kappa shape index (κ2) is 16.2. The van der Waals surface area contributed by atoms with Crippen LogP contribution in [0.2, 0.25) is 0 Å². The van der Waals surface area contributed by atoms with Crippen LogP contribution in [0.5, 0.6) is 11.5 Å². The van der Waals surface area contributed by atoms with Crippen LogP contribution in [0.4, 0.5) is 31.1 Å². The Kier molecular flexibility index (Phi) is 11.1. The maximum absolute atomic E-state index is 13.6. The second-order valence-corrected chi connectivity index (χ2v) is 14.3. The van der Waals surface area contributed by atoms with E-state index >= 15 is 0 Å². The number of ether oxygens (including phenoxy) is 2. The SMILES string of the molecule is O=C(O)c1ccc(CN2C(=O)S/C(=C\c3cc4cc(OCc5ccccc5)ccc4n3Cc3ccc(COc4cc(C(F)(F)F)cc(C(F)(F)F)c4)cc3)C2=O)cc1. The summed E-state index contributed by atoms with van der Waals surface area (Å²) in [7, 11) is 0. The van der Waals surface area contributed by atoms with E-state index in [1.165, 1.54) is 24.3 Å². The molecule has 0 radical (unpaired) electrons. The minimum Gasteiger partial charge on any atom is -0.489 e. The van der Waals surface area contributed by atoms with Gasteiger partial charge in [0, 0.05) is 23.1 Å². The van der Waals surface area contributed by atoms with Crippen LogP contribution in [0.25, 0.3) is 17.0 Å². The largest absolute Gasteiger partial charge is 0.489 e. The second-order valence-electron chi connectivity index (χ2n) is 13.3. The number of benzene rings is 5. The zero-order valence-electron chi connectivity index (χ0n) is 30.0. The van der Waals surface area contributed by atoms with Crippen LogP contribution in [0, 0.1) is 0 Å². The number of amides is 2. The Morgan fingerprint density at radius 3 is 1.84 bits per heavy atom. The number of carbonyl (C=O) groups excluding carboxylic acids is 2. The fraction of sp³-hybridized carbons (Fsp3) is 0.140. The highest BCUT2D eigenvalue weighted by Gasteiger charge is 2.38. The molecule has 2 amide bonds. The molecule has 2 heterocycles. The predicted octanol–water partition coefficient (Wildman–Crippen LogP) is 10.8. The van der Waals surface area contributed by atoms with Crippen LogP contribution in [-0.2, 0) is 43.5 Å². The number of aromatic carboxylic acids is 1. The van der Waals surface area contributed by atoms with Crippen LogP contribution in [-0.4, -0.2) is 31.7 Å². The number of halogens is 6. The van der Waals surface area contributed by atoms with Crippen LogP contribution >= 0.6 is 11.8 Å². The molecule has 0 saturated carbocycles. The van der Waals surface area contributed by atoms with Crippen molar-refractivity contribution in [1.29, 1.82) is 0 Å². The normalized spacial score (nSPS) is 14.1. The molecule has 6 aromatic rings. The highest BCUT2D eigenvalue weighted by molar-refractivity contribution is 8.18. The van der Waals surface area contributed by atoms with Crippen molar-refractivity contribution in [3.8, 4) is 11.5 Å². The predicted molar refractivity (Wildman–Crippen MR) is 204 cm³/mol. The van der Waals surface area contributed by atoms with Crippen molar-refractivity contribution >= 4 is 45.9 Å². The van der Waals surface area contributed by atoms with Crippen molar-refractivity contribution in [2.75, 3.05) is 0 Å². The smallest absolute Gasteiger partial charge is 0.416 e. The Balaban J connectivity index is 1.14. The third-order valence-corrected chi connectivity index (χ3v) is 10.1. The Morgan fingerprint density at radius 1 is 0.655 bits per heavy atom. The summed E-state index contributed by atoms with van der Waals surface area (Å²) < 4.78 is 93.4. The summed E-state index contributed by atoms with van der Waals surface area (Å²) in [6.45, 7) is 0.241. The van der Waals surface area contributed by atoms with Crippen molar-refractivity contribution in [2.24, 2.45) is 0 Å². The Hall–Kier alpha value is -6.48. The summed E-state index contributed by atoms with van der Waals surface area (Å²) in [5.74, 6) is -1.60. The van der Waals surface area contributed by atoms with Crippen LogP contribution in [0.15, 0.2) is 126 Å². The molecule has 7 rings (SSSR count). The number of imide groups is 1. The molecule has 15 heteroatoms. The van der Waals surface area contributed by atoms with Gasteiger partial charge < -0.3 is 19.1 Å². The van der Waals surface area contributed by atoms with Gasteiger partial charge in [-0.3, -0.25) is 14.5 Å². The lowest BCUT2D eigenvalue weighted by Gasteiger charge is -2.15. The Morgan fingerprint density at radius 2 is 1.22 bits per heavy atom. The van der Waals surface area contributed by atoms with Gasteiger partial charge in [0.15, 0.2) is 0 Å². The number of carboxylic acids is 1. The molecular weight excluding hydrogens is 787 g/mol. The zero-order chi connectivity index (χ0) is 41.2. The molecule has 1 aliphatic rings. The summed E-state index contributed by atoms with van der Waals surface area (Å²) in [5, 5.41) is 9.49. The number of fused-ring (bicyclic) bond motifs is 1. The summed E-state index contributed by atoms with van der Waals surface area (Å²) >= 11 is 0.775. The molecule has 0 spiro atoms. The van der Waals surface area contributed by atoms with E-state index in [1.54, 1.807) is 30.3 Å². The number of carboxylic acid groups (broad SMARTS) is 1. The topological polar surface area (TPSA) is 98.1 Å². The van der Waals surface area contributed by atoms with Gasteiger partial charge in [0.05, 0.1) is 28.1 Å². The molecule has 296 valence electrons. The fourth-order valence-electron chi connectivity index (χ4n) is 6.20. The molecule has 0 unspecified atom stereocenters. The van der Waals surface area contributed by atoms with Gasteiger partial charge in [-0.2, -0.15) is 26.3 Å². The lowest BCUT2D eigenvalue weighted by molar-refractivity contribution is -0.143. The van der Waals surface area contributed by atoms with E-state index in [1.807, 2.05) is 59.2 Å². The van der Waals surface area contributed by atoms with Gasteiger partial charge in [-0.1, -0.05) is 66.7 Å². The maximum atomic E-state index is 13.6. The molecule has 8 nitrogen and oxygen atoms in total. The van der Waals surface area contributed by atoms with Gasteiger partial charge in [0.25, 0.3) is 11.1 Å². The van der Waals surface area contributed by atoms with Gasteiger partial charge >= 0.3 is 18.3 Å². The van der Waals surface area contributed by atoms with Crippen molar-refractivity contribution < 1.29 is 55.3 Å². The molecule has 58 heavy (non-hydrogen) atoms. The third kappa shape index (κ3) is 9.21. The standard InChI is InChI=1S/C43H30F6N2O6S/c44-42(45,46)32-18-33(43(47,48)49)20-36(19-32)57-25-29-8-6-26(7-9-29)22-50-34(16-31-17-35(14-15-37(31)50)56-24-28-4-2-1-3-5-28)21-38-39(52)51(41(55)58-38)23-27-10-12-30(13-11-27)40(53)54/h1-21H,22-25H2,(H,53,54)/b38-21-. The molecule has 0 bridgehead atoms. The Labute approximate surface area is 330 Å². The summed E-state index contributed by atoms with van der Waals surface area (Å²) in [6.07, 6.45) is -8.40. The number of aromatic nitrogens is 1. The number of carbonyl (C=O) groups is 3. The lowest BCUT2D eigenvalue weighted by atomic mass is 10.1. The van der Waals surface area contributed by atoms with Gasteiger partial charge in [-0.25, -0.2) is 4.79 Å². The number of hydrogen-bond donors (Lipinski definition) is 1. The van der Waals surface area contributed by atoms with Gasteiger partial charge in [-0.05, 0) is 94.7 Å². The number of nitrogens with zero attached hydrogens (tertiary/aromatic N) is 2. The molecule has 1 aromatic heterocycles. The zero-order valence-corrected chi connectivity index (χ0v) is 30.8. The molecule has 1 saturated heterocycles. The molecule has 1 fully saturated rings. The van der Waals surface area contributed by atoms with Crippen molar-refractivity contribution in [3.05, 3.63) is 171 Å². The molecular formula is C43H30F6N2O6S. The highest BCUT2D eigenvalue weighted by Crippen LogP contribution is 2.39. The van der Waals surface area contributed by atoms with Crippen LogP contribution < -0.4 is 9.47 Å². The first-order valence-corrected chi connectivity index (χ1v) is 18.3. The average molecular weight is 817 g/mol. The van der Waals surface area contributed by atoms with E-state index in [0.29, 0.717) is 41.3 Å². The third-order valence-electron chi connectivity index (χ3n) is 9.18. The van der Waals surface area contributed by atoms with E-state index in [2.05, 4.69) is 0 Å². The maximum Gasteiger partial charge on any atom is 0.416 e. The molecule has 0 aliphatic carbocycles. The van der Waals surface area contributed by atoms with Gasteiger partial charge in [0.2, 0.25) is 0 Å². The van der Waals surface area contributed by atoms with Crippen LogP contribution in [0.3, 0.4) is 0 Å². The molecule has 5 aromatic carbocycles. The lowest BCUT2D eigenvalue weighted by Crippen LogP contribution is -2.27. The first kappa shape index (κ1) is 39.7. The minimum atomic E-state index is -5.01. The van der Waals surface area contributed by atoms with E-state index in [4.69, 9.17) is 9.47 Å². The molecule has 1 aliphatic heterocycles. The van der Waals surface area contributed by atoms with Crippen LogP contribution in [0.1, 0.15) is 49.4 Å². The quantitative estimate of drug-likeness (QED) is 0.0970. The number of rotatable bonds is 12. The van der Waals surface area contributed by atoms with E-state index < -0.39 is 46.3 Å². The van der Waals surface area contributed by atoms with Crippen molar-refractivity contribution in [2.45, 2.75) is 38.7 Å². The van der Waals surface area contributed by atoms with E-state index in [9.17, 15) is 45.8 Å². The van der Waals surface area contributed by atoms with E-state index in [0.717, 1.165) is 38.7 Å².